The van der Waals surface area contributed by atoms with Crippen molar-refractivity contribution in [3.63, 3.8) is 0 Å². The molecule has 8 nitrogen and oxygen atoms in total. The lowest BCUT2D eigenvalue weighted by atomic mass is 9.71. The number of hydrogen-bond acceptors (Lipinski definition) is 8. The van der Waals surface area contributed by atoms with Crippen molar-refractivity contribution in [1.29, 1.82) is 0 Å². The van der Waals surface area contributed by atoms with Gasteiger partial charge in [0.2, 0.25) is 0 Å². The van der Waals surface area contributed by atoms with Gasteiger partial charge in [0.1, 0.15) is 17.4 Å². The Morgan fingerprint density at radius 2 is 1.95 bits per heavy atom. The van der Waals surface area contributed by atoms with Crippen molar-refractivity contribution in [2.75, 3.05) is 0 Å². The van der Waals surface area contributed by atoms with Crippen molar-refractivity contribution in [1.82, 2.24) is 4.98 Å². The minimum Gasteiger partial charge on any atom is -0.457 e. The van der Waals surface area contributed by atoms with E-state index in [-0.39, 0.29) is 29.8 Å². The van der Waals surface area contributed by atoms with Crippen LogP contribution in [0.2, 0.25) is 0 Å². The normalized spacial score (nSPS) is 34.9. The molecule has 8 heteroatoms. The molecule has 4 rings (SSSR count). The number of ether oxygens (including phenoxy) is 2. The number of aromatic nitrogens is 1. The monoisotopic (exact) mass is 527 g/mol. The summed E-state index contributed by atoms with van der Waals surface area (Å²) >= 11 is 0. The number of Topliss-reactive ketones (excluding diaryl/α,β-unsaturated/α-hetero) is 1. The molecule has 0 radical (unpaired) electrons. The number of carbonyl (C=O) groups is 2. The second-order valence-electron chi connectivity index (χ2n) is 11.9. The van der Waals surface area contributed by atoms with Crippen LogP contribution in [0.5, 0.6) is 0 Å². The van der Waals surface area contributed by atoms with E-state index in [0.29, 0.717) is 29.8 Å². The molecule has 2 saturated heterocycles. The molecule has 2 aromatic rings. The molecule has 208 valence electrons. The summed E-state index contributed by atoms with van der Waals surface area (Å²) in [6.45, 7) is 12.8. The Kier molecular flexibility index (Phi) is 8.17. The average molecular weight is 528 g/mol. The van der Waals surface area contributed by atoms with E-state index in [1.165, 1.54) is 0 Å². The molecule has 0 bridgehead atoms. The van der Waals surface area contributed by atoms with E-state index in [9.17, 15) is 19.8 Å². The zero-order valence-electron chi connectivity index (χ0n) is 23.1. The molecule has 0 saturated carbocycles. The number of aryl methyl sites for hydroxylation is 1. The Morgan fingerprint density at radius 3 is 2.66 bits per heavy atom. The number of nitrogens with zero attached hydrogens (tertiary/aromatic N) is 1. The highest BCUT2D eigenvalue weighted by Gasteiger charge is 2.53. The Bertz CT molecular complexity index is 1190. The van der Waals surface area contributed by atoms with Gasteiger partial charge in [-0.05, 0) is 49.8 Å². The highest BCUT2D eigenvalue weighted by atomic mass is 16.6. The second-order valence-corrected chi connectivity index (χ2v) is 11.9. The van der Waals surface area contributed by atoms with Gasteiger partial charge in [0, 0.05) is 19.3 Å². The van der Waals surface area contributed by atoms with Gasteiger partial charge in [-0.1, -0.05) is 39.3 Å². The molecule has 38 heavy (non-hydrogen) atoms. The molecule has 0 spiro atoms. The van der Waals surface area contributed by atoms with Crippen LogP contribution in [-0.4, -0.2) is 50.9 Å². The quantitative estimate of drug-likeness (QED) is 0.325. The van der Waals surface area contributed by atoms with Gasteiger partial charge in [0.15, 0.2) is 11.5 Å². The predicted octanol–water partition coefficient (Wildman–Crippen LogP) is 4.99. The summed E-state index contributed by atoms with van der Waals surface area (Å²) in [5.74, 6) is -1.19. The number of aliphatic hydroxyl groups excluding tert-OH is 2. The molecule has 3 heterocycles. The number of rotatable bonds is 3. The second kappa shape index (κ2) is 10.9. The van der Waals surface area contributed by atoms with Crippen molar-refractivity contribution in [3.05, 3.63) is 42.3 Å². The summed E-state index contributed by atoms with van der Waals surface area (Å²) in [5.41, 5.74) is 0.481. The number of carbonyl (C=O) groups excluding carboxylic acids is 2. The largest absolute Gasteiger partial charge is 0.457 e. The van der Waals surface area contributed by atoms with E-state index >= 15 is 0 Å². The molecule has 1 aromatic heterocycles. The number of hydrogen-bond donors (Lipinski definition) is 2. The molecule has 1 unspecified atom stereocenters. The summed E-state index contributed by atoms with van der Waals surface area (Å²) in [4.78, 5) is 31.1. The van der Waals surface area contributed by atoms with E-state index < -0.39 is 35.6 Å². The number of esters is 1. The minimum absolute atomic E-state index is 0.0976. The lowest BCUT2D eigenvalue weighted by Crippen LogP contribution is -2.46. The van der Waals surface area contributed by atoms with Crippen molar-refractivity contribution in [2.45, 2.75) is 103 Å². The van der Waals surface area contributed by atoms with Gasteiger partial charge in [0.25, 0.3) is 0 Å². The summed E-state index contributed by atoms with van der Waals surface area (Å²) in [6, 6.07) is 5.53. The summed E-state index contributed by atoms with van der Waals surface area (Å²) in [5, 5.41) is 22.2. The van der Waals surface area contributed by atoms with Gasteiger partial charge in [-0.15, -0.1) is 6.58 Å². The summed E-state index contributed by atoms with van der Waals surface area (Å²) in [6.07, 6.45) is 1.50. The number of allylic oxidation sites excluding steroid dienone is 1. The Balaban J connectivity index is 1.63. The van der Waals surface area contributed by atoms with Gasteiger partial charge >= 0.3 is 5.97 Å². The Labute approximate surface area is 224 Å². The molecule has 2 aliphatic rings. The first-order valence-electron chi connectivity index (χ1n) is 13.6. The predicted molar refractivity (Wildman–Crippen MR) is 142 cm³/mol. The van der Waals surface area contributed by atoms with Crippen LogP contribution in [-0.2, 0) is 19.1 Å². The van der Waals surface area contributed by atoms with Crippen LogP contribution >= 0.6 is 0 Å². The van der Waals surface area contributed by atoms with E-state index in [1.54, 1.807) is 26.8 Å². The summed E-state index contributed by atoms with van der Waals surface area (Å²) < 4.78 is 17.6. The van der Waals surface area contributed by atoms with Crippen molar-refractivity contribution in [3.8, 4) is 0 Å². The third-order valence-corrected chi connectivity index (χ3v) is 8.54. The Hall–Kier alpha value is -2.55. The number of epoxide rings is 1. The molecular formula is C30H41NO7. The summed E-state index contributed by atoms with van der Waals surface area (Å²) in [7, 11) is 0. The van der Waals surface area contributed by atoms with E-state index in [1.807, 2.05) is 25.1 Å². The topological polar surface area (TPSA) is 122 Å². The number of aliphatic hydroxyl groups is 2. The molecule has 0 aliphatic carbocycles. The highest BCUT2D eigenvalue weighted by Crippen LogP contribution is 2.47. The van der Waals surface area contributed by atoms with Crippen LogP contribution in [0.15, 0.2) is 35.3 Å². The maximum Gasteiger partial charge on any atom is 0.309 e. The van der Waals surface area contributed by atoms with Crippen molar-refractivity contribution in [2.24, 2.45) is 17.3 Å². The maximum absolute atomic E-state index is 13.6. The lowest BCUT2D eigenvalue weighted by molar-refractivity contribution is -0.156. The van der Waals surface area contributed by atoms with Crippen LogP contribution in [0.25, 0.3) is 11.1 Å². The third kappa shape index (κ3) is 5.87. The minimum atomic E-state index is -1.28. The fourth-order valence-corrected chi connectivity index (χ4v) is 5.70. The van der Waals surface area contributed by atoms with Crippen LogP contribution in [0.4, 0.5) is 0 Å². The van der Waals surface area contributed by atoms with Crippen LogP contribution in [0, 0.1) is 24.2 Å². The molecule has 2 N–H and O–H groups in total. The van der Waals surface area contributed by atoms with Gasteiger partial charge in [0.05, 0.1) is 35.7 Å². The molecule has 0 amide bonds. The van der Waals surface area contributed by atoms with Gasteiger partial charge < -0.3 is 24.1 Å². The SMILES string of the molecule is C=CC[C@H]1C(=O)C(C)(C)[C@@H](O)CC(=O)O[C@H](c2ccc3oc(C)nc3c2)C[C@@H]2OC2(C)CCC[C@H](C)[C@@H]1O. The zero-order chi connectivity index (χ0) is 27.8. The highest BCUT2D eigenvalue weighted by molar-refractivity contribution is 5.88. The lowest BCUT2D eigenvalue weighted by Gasteiger charge is -2.35. The fraction of sp³-hybridized carbons (Fsp3) is 0.633. The van der Waals surface area contributed by atoms with Gasteiger partial charge in [-0.3, -0.25) is 9.59 Å². The standard InChI is InChI=1S/C30H41NO7/c1-7-9-20-27(34)17(2)10-8-13-30(6)25(38-30)15-23(19-11-12-22-21(14-19)31-18(3)36-22)37-26(33)16-24(32)29(4,5)28(20)35/h7,11-12,14,17,20,23-25,27,32,34H,1,8-10,13,15-16H2,2-6H3/t17-,20+,23-,24-,25-,27-,30?/m0/s1. The molecular weight excluding hydrogens is 486 g/mol. The van der Waals surface area contributed by atoms with E-state index in [2.05, 4.69) is 18.5 Å². The zero-order valence-corrected chi connectivity index (χ0v) is 23.1. The Morgan fingerprint density at radius 1 is 1.21 bits per heavy atom. The van der Waals surface area contributed by atoms with Crippen molar-refractivity contribution < 1.29 is 33.7 Å². The molecule has 7 atom stereocenters. The number of fused-ring (bicyclic) bond motifs is 2. The number of benzene rings is 1. The van der Waals surface area contributed by atoms with Gasteiger partial charge in [-0.2, -0.15) is 0 Å². The fourth-order valence-electron chi connectivity index (χ4n) is 5.70. The van der Waals surface area contributed by atoms with Crippen molar-refractivity contribution >= 4 is 22.9 Å². The number of cyclic esters (lactones) is 1. The van der Waals surface area contributed by atoms with E-state index in [4.69, 9.17) is 13.9 Å². The third-order valence-electron chi connectivity index (χ3n) is 8.54. The smallest absolute Gasteiger partial charge is 0.309 e. The van der Waals surface area contributed by atoms with Gasteiger partial charge in [-0.25, -0.2) is 4.98 Å². The molecule has 2 fully saturated rings. The molecule has 2 aliphatic heterocycles. The van der Waals surface area contributed by atoms with Crippen LogP contribution in [0.1, 0.15) is 83.8 Å². The average Bonchev–Trinajstić information content (AvgIpc) is 3.32. The first kappa shape index (κ1) is 28.5. The number of ketones is 1. The van der Waals surface area contributed by atoms with E-state index in [0.717, 1.165) is 24.8 Å². The number of oxazole rings is 1. The van der Waals surface area contributed by atoms with Crippen LogP contribution < -0.4 is 0 Å². The first-order chi connectivity index (χ1) is 17.9. The maximum atomic E-state index is 13.6. The first-order valence-corrected chi connectivity index (χ1v) is 13.6. The molecule has 1 aromatic carbocycles. The van der Waals surface area contributed by atoms with Crippen LogP contribution in [0.3, 0.4) is 0 Å².